The van der Waals surface area contributed by atoms with Crippen molar-refractivity contribution in [3.05, 3.63) is 35.9 Å². The molecule has 21 heavy (non-hydrogen) atoms. The fraction of sp³-hybridized carbons (Fsp3) is 0.438. The maximum absolute atomic E-state index is 11.9. The zero-order valence-corrected chi connectivity index (χ0v) is 12.3. The van der Waals surface area contributed by atoms with Crippen molar-refractivity contribution in [2.75, 3.05) is 6.54 Å². The number of benzene rings is 1. The highest BCUT2D eigenvalue weighted by Crippen LogP contribution is 2.25. The highest BCUT2D eigenvalue weighted by molar-refractivity contribution is 6.02. The fourth-order valence-corrected chi connectivity index (χ4v) is 2.60. The number of rotatable bonds is 5. The van der Waals surface area contributed by atoms with Crippen molar-refractivity contribution in [1.82, 2.24) is 10.2 Å². The number of imide groups is 1. The number of nitrogens with zero attached hydrogens (tertiary/aromatic N) is 2. The van der Waals surface area contributed by atoms with Gasteiger partial charge in [0, 0.05) is 18.9 Å². The van der Waals surface area contributed by atoms with Crippen LogP contribution in [0.1, 0.15) is 32.3 Å². The molecule has 1 N–H and O–H groups in total. The highest BCUT2D eigenvalue weighted by atomic mass is 16.2. The second-order valence-corrected chi connectivity index (χ2v) is 5.56. The van der Waals surface area contributed by atoms with Gasteiger partial charge in [-0.15, -0.1) is 0 Å². The molecular formula is C16H19N3O2. The SMILES string of the molecule is CC(C)NC(C#N)(CN1C(=O)CCC1=O)c1ccccc1. The molecule has 1 heterocycles. The number of hydrogen-bond donors (Lipinski definition) is 1. The first-order valence-corrected chi connectivity index (χ1v) is 7.06. The third-order valence-electron chi connectivity index (χ3n) is 3.54. The van der Waals surface area contributed by atoms with Gasteiger partial charge in [0.2, 0.25) is 11.8 Å². The Morgan fingerprint density at radius 2 is 1.81 bits per heavy atom. The van der Waals surface area contributed by atoms with Crippen LogP contribution in [0, 0.1) is 11.3 Å². The standard InChI is InChI=1S/C16H19N3O2/c1-12(2)18-16(10-17,13-6-4-3-5-7-13)11-19-14(20)8-9-15(19)21/h3-7,12,18H,8-9,11H2,1-2H3. The molecule has 1 aliphatic heterocycles. The minimum Gasteiger partial charge on any atom is -0.292 e. The van der Waals surface area contributed by atoms with Crippen molar-refractivity contribution in [2.24, 2.45) is 0 Å². The summed E-state index contributed by atoms with van der Waals surface area (Å²) < 4.78 is 0. The first kappa shape index (κ1) is 15.2. The summed E-state index contributed by atoms with van der Waals surface area (Å²) >= 11 is 0. The van der Waals surface area contributed by atoms with E-state index in [9.17, 15) is 14.9 Å². The van der Waals surface area contributed by atoms with Gasteiger partial charge < -0.3 is 0 Å². The van der Waals surface area contributed by atoms with Crippen molar-refractivity contribution in [3.8, 4) is 6.07 Å². The van der Waals surface area contributed by atoms with E-state index in [0.717, 1.165) is 5.56 Å². The molecule has 0 aromatic heterocycles. The smallest absolute Gasteiger partial charge is 0.229 e. The number of nitriles is 1. The molecule has 0 saturated carbocycles. The lowest BCUT2D eigenvalue weighted by atomic mass is 9.89. The molecule has 1 aliphatic rings. The quantitative estimate of drug-likeness (QED) is 0.833. The van der Waals surface area contributed by atoms with Gasteiger partial charge in [0.25, 0.3) is 0 Å². The molecule has 0 aliphatic carbocycles. The summed E-state index contributed by atoms with van der Waals surface area (Å²) in [6, 6.07) is 11.5. The second-order valence-electron chi connectivity index (χ2n) is 5.56. The van der Waals surface area contributed by atoms with E-state index in [1.807, 2.05) is 44.2 Å². The van der Waals surface area contributed by atoms with Gasteiger partial charge in [-0.2, -0.15) is 5.26 Å². The Balaban J connectivity index is 2.39. The molecule has 0 bridgehead atoms. The van der Waals surface area contributed by atoms with Gasteiger partial charge in [-0.05, 0) is 19.4 Å². The van der Waals surface area contributed by atoms with Crippen LogP contribution in [0.3, 0.4) is 0 Å². The molecule has 1 aromatic rings. The van der Waals surface area contributed by atoms with Gasteiger partial charge in [0.05, 0.1) is 12.6 Å². The van der Waals surface area contributed by atoms with Crippen LogP contribution in [0.4, 0.5) is 0 Å². The van der Waals surface area contributed by atoms with E-state index in [0.29, 0.717) is 0 Å². The molecule has 1 unspecified atom stereocenters. The van der Waals surface area contributed by atoms with Gasteiger partial charge in [-0.1, -0.05) is 30.3 Å². The summed E-state index contributed by atoms with van der Waals surface area (Å²) in [6.45, 7) is 3.91. The Hall–Kier alpha value is -2.19. The first-order chi connectivity index (χ1) is 9.98. The third kappa shape index (κ3) is 3.11. The van der Waals surface area contributed by atoms with E-state index in [1.165, 1.54) is 4.90 Å². The van der Waals surface area contributed by atoms with Crippen LogP contribution in [0.5, 0.6) is 0 Å². The van der Waals surface area contributed by atoms with Crippen LogP contribution in [0.25, 0.3) is 0 Å². The Morgan fingerprint density at radius 1 is 1.24 bits per heavy atom. The van der Waals surface area contributed by atoms with Crippen LogP contribution in [-0.4, -0.2) is 29.3 Å². The minimum absolute atomic E-state index is 0.0395. The van der Waals surface area contributed by atoms with Crippen molar-refractivity contribution in [2.45, 2.75) is 38.3 Å². The zero-order valence-electron chi connectivity index (χ0n) is 12.3. The maximum Gasteiger partial charge on any atom is 0.229 e. The van der Waals surface area contributed by atoms with Gasteiger partial charge >= 0.3 is 0 Å². The predicted molar refractivity (Wildman–Crippen MR) is 78.0 cm³/mol. The molecule has 2 rings (SSSR count). The summed E-state index contributed by atoms with van der Waals surface area (Å²) in [6.07, 6.45) is 0.466. The summed E-state index contributed by atoms with van der Waals surface area (Å²) in [5.74, 6) is -0.415. The molecule has 1 aromatic carbocycles. The monoisotopic (exact) mass is 285 g/mol. The van der Waals surface area contributed by atoms with Crippen LogP contribution >= 0.6 is 0 Å². The Bertz CT molecular complexity index is 561. The van der Waals surface area contributed by atoms with Crippen molar-refractivity contribution in [1.29, 1.82) is 5.26 Å². The molecule has 110 valence electrons. The summed E-state index contributed by atoms with van der Waals surface area (Å²) in [5, 5.41) is 13.0. The van der Waals surface area contributed by atoms with Gasteiger partial charge in [0.1, 0.15) is 0 Å². The van der Waals surface area contributed by atoms with Crippen molar-refractivity contribution in [3.63, 3.8) is 0 Å². The van der Waals surface area contributed by atoms with Gasteiger partial charge in [-0.25, -0.2) is 0 Å². The molecule has 1 saturated heterocycles. The van der Waals surface area contributed by atoms with E-state index in [-0.39, 0.29) is 37.2 Å². The average Bonchev–Trinajstić information content (AvgIpc) is 2.78. The predicted octanol–water partition coefficient (Wildman–Crippen LogP) is 1.55. The highest BCUT2D eigenvalue weighted by Gasteiger charge is 2.40. The molecular weight excluding hydrogens is 266 g/mol. The van der Waals surface area contributed by atoms with E-state index >= 15 is 0 Å². The Morgan fingerprint density at radius 3 is 2.29 bits per heavy atom. The number of carbonyl (C=O) groups excluding carboxylic acids is 2. The molecule has 0 radical (unpaired) electrons. The lowest BCUT2D eigenvalue weighted by Crippen LogP contribution is -2.53. The van der Waals surface area contributed by atoms with E-state index in [1.54, 1.807) is 0 Å². The van der Waals surface area contributed by atoms with Crippen LogP contribution in [-0.2, 0) is 15.1 Å². The number of likely N-dealkylation sites (tertiary alicyclic amines) is 1. The number of carbonyl (C=O) groups is 2. The summed E-state index contributed by atoms with van der Waals surface area (Å²) in [5.41, 5.74) is -0.320. The normalized spacial score (nSPS) is 17.9. The van der Waals surface area contributed by atoms with Crippen molar-refractivity contribution < 1.29 is 9.59 Å². The zero-order chi connectivity index (χ0) is 15.5. The Labute approximate surface area is 124 Å². The van der Waals surface area contributed by atoms with E-state index in [4.69, 9.17) is 0 Å². The minimum atomic E-state index is -1.08. The molecule has 2 amide bonds. The second kappa shape index (κ2) is 6.06. The van der Waals surface area contributed by atoms with Crippen LogP contribution < -0.4 is 5.32 Å². The fourth-order valence-electron chi connectivity index (χ4n) is 2.60. The van der Waals surface area contributed by atoms with Crippen LogP contribution in [0.15, 0.2) is 30.3 Å². The van der Waals surface area contributed by atoms with E-state index < -0.39 is 5.54 Å². The van der Waals surface area contributed by atoms with Gasteiger partial charge in [0.15, 0.2) is 5.54 Å². The van der Waals surface area contributed by atoms with Gasteiger partial charge in [-0.3, -0.25) is 19.8 Å². The number of amides is 2. The number of hydrogen-bond acceptors (Lipinski definition) is 4. The van der Waals surface area contributed by atoms with E-state index in [2.05, 4.69) is 11.4 Å². The molecule has 5 nitrogen and oxygen atoms in total. The average molecular weight is 285 g/mol. The first-order valence-electron chi connectivity index (χ1n) is 7.06. The molecule has 1 atom stereocenters. The lowest BCUT2D eigenvalue weighted by Gasteiger charge is -2.33. The van der Waals surface area contributed by atoms with Crippen molar-refractivity contribution >= 4 is 11.8 Å². The topological polar surface area (TPSA) is 73.2 Å². The Kier molecular flexibility index (Phi) is 4.39. The summed E-state index contributed by atoms with van der Waals surface area (Å²) in [4.78, 5) is 24.9. The number of nitrogens with one attached hydrogen (secondary N) is 1. The third-order valence-corrected chi connectivity index (χ3v) is 3.54. The summed E-state index contributed by atoms with van der Waals surface area (Å²) in [7, 11) is 0. The maximum atomic E-state index is 11.9. The largest absolute Gasteiger partial charge is 0.292 e. The lowest BCUT2D eigenvalue weighted by molar-refractivity contribution is -0.139. The molecule has 0 spiro atoms. The molecule has 5 heteroatoms. The van der Waals surface area contributed by atoms with Crippen LogP contribution in [0.2, 0.25) is 0 Å². The molecule has 1 fully saturated rings.